The Bertz CT molecular complexity index is 427. The number of rotatable bonds is 5. The predicted octanol–water partition coefficient (Wildman–Crippen LogP) is 2.59. The lowest BCUT2D eigenvalue weighted by molar-refractivity contribution is -0.126. The van der Waals surface area contributed by atoms with Gasteiger partial charge in [-0.25, -0.2) is 0 Å². The number of benzene rings is 1. The van der Waals surface area contributed by atoms with Gasteiger partial charge in [0.15, 0.2) is 0 Å². The van der Waals surface area contributed by atoms with E-state index in [-0.39, 0.29) is 5.91 Å². The Balaban J connectivity index is 2.51. The standard InChI is InChI=1S/C16H25NO2/c1-12-6-8-13(9-7-12)10-11-14(18)17-15(2,3)16(4,5)19/h6-9,19H,10-11H2,1-5H3,(H,17,18). The molecule has 0 atom stereocenters. The fourth-order valence-corrected chi connectivity index (χ4v) is 1.58. The van der Waals surface area contributed by atoms with Gasteiger partial charge >= 0.3 is 0 Å². The van der Waals surface area contributed by atoms with Crippen LogP contribution < -0.4 is 5.32 Å². The molecule has 0 aliphatic heterocycles. The number of carbonyl (C=O) groups excluding carboxylic acids is 1. The lowest BCUT2D eigenvalue weighted by Crippen LogP contribution is -2.57. The van der Waals surface area contributed by atoms with Crippen molar-refractivity contribution in [3.05, 3.63) is 35.4 Å². The molecule has 0 saturated heterocycles. The van der Waals surface area contributed by atoms with Crippen LogP contribution in [0.3, 0.4) is 0 Å². The van der Waals surface area contributed by atoms with E-state index in [1.165, 1.54) is 5.56 Å². The maximum atomic E-state index is 11.9. The fourth-order valence-electron chi connectivity index (χ4n) is 1.58. The second kappa shape index (κ2) is 5.74. The Morgan fingerprint density at radius 1 is 1.16 bits per heavy atom. The fraction of sp³-hybridized carbons (Fsp3) is 0.562. The molecule has 1 amide bonds. The molecule has 0 heterocycles. The Hall–Kier alpha value is -1.35. The van der Waals surface area contributed by atoms with Gasteiger partial charge in [0.05, 0.1) is 11.1 Å². The van der Waals surface area contributed by atoms with Gasteiger partial charge in [0, 0.05) is 6.42 Å². The van der Waals surface area contributed by atoms with Crippen molar-refractivity contribution >= 4 is 5.91 Å². The zero-order valence-electron chi connectivity index (χ0n) is 12.6. The predicted molar refractivity (Wildman–Crippen MR) is 78.0 cm³/mol. The first-order chi connectivity index (χ1) is 8.62. The summed E-state index contributed by atoms with van der Waals surface area (Å²) in [7, 11) is 0. The summed E-state index contributed by atoms with van der Waals surface area (Å²) in [6.07, 6.45) is 1.15. The van der Waals surface area contributed by atoms with Crippen LogP contribution in [0.25, 0.3) is 0 Å². The molecule has 19 heavy (non-hydrogen) atoms. The normalized spacial score (nSPS) is 12.3. The zero-order valence-corrected chi connectivity index (χ0v) is 12.6. The quantitative estimate of drug-likeness (QED) is 0.858. The highest BCUT2D eigenvalue weighted by Gasteiger charge is 2.36. The largest absolute Gasteiger partial charge is 0.388 e. The maximum absolute atomic E-state index is 11.9. The van der Waals surface area contributed by atoms with Gasteiger partial charge in [0.2, 0.25) is 5.91 Å². The van der Waals surface area contributed by atoms with E-state index in [0.717, 1.165) is 5.56 Å². The first-order valence-corrected chi connectivity index (χ1v) is 6.71. The molecule has 0 aliphatic carbocycles. The van der Waals surface area contributed by atoms with E-state index in [2.05, 4.69) is 5.32 Å². The molecule has 3 nitrogen and oxygen atoms in total. The summed E-state index contributed by atoms with van der Waals surface area (Å²) in [5, 5.41) is 12.9. The molecule has 0 spiro atoms. The molecule has 0 bridgehead atoms. The first kappa shape index (κ1) is 15.7. The molecule has 0 fully saturated rings. The van der Waals surface area contributed by atoms with Crippen LogP contribution in [0.4, 0.5) is 0 Å². The van der Waals surface area contributed by atoms with Crippen molar-refractivity contribution in [3.63, 3.8) is 0 Å². The highest BCUT2D eigenvalue weighted by Crippen LogP contribution is 2.20. The van der Waals surface area contributed by atoms with Gasteiger partial charge in [-0.05, 0) is 46.6 Å². The number of hydrogen-bond acceptors (Lipinski definition) is 2. The van der Waals surface area contributed by atoms with Crippen LogP contribution >= 0.6 is 0 Å². The molecule has 0 aliphatic rings. The molecule has 3 heteroatoms. The molecule has 1 rings (SSSR count). The molecule has 0 unspecified atom stereocenters. The van der Waals surface area contributed by atoms with Gasteiger partial charge in [-0.1, -0.05) is 29.8 Å². The molecule has 106 valence electrons. The van der Waals surface area contributed by atoms with Crippen molar-refractivity contribution in [2.24, 2.45) is 0 Å². The van der Waals surface area contributed by atoms with E-state index in [1.807, 2.05) is 45.0 Å². The minimum absolute atomic E-state index is 0.0345. The number of aliphatic hydroxyl groups is 1. The van der Waals surface area contributed by atoms with Gasteiger partial charge in [0.1, 0.15) is 0 Å². The van der Waals surface area contributed by atoms with Gasteiger partial charge in [-0.15, -0.1) is 0 Å². The third-order valence-electron chi connectivity index (χ3n) is 3.74. The molecule has 1 aromatic carbocycles. The summed E-state index contributed by atoms with van der Waals surface area (Å²) in [4.78, 5) is 11.9. The van der Waals surface area contributed by atoms with E-state index in [4.69, 9.17) is 0 Å². The van der Waals surface area contributed by atoms with Gasteiger partial charge in [-0.3, -0.25) is 4.79 Å². The Labute approximate surface area is 116 Å². The van der Waals surface area contributed by atoms with E-state index in [0.29, 0.717) is 12.8 Å². The van der Waals surface area contributed by atoms with E-state index >= 15 is 0 Å². The lowest BCUT2D eigenvalue weighted by atomic mass is 9.86. The van der Waals surface area contributed by atoms with Crippen LogP contribution in [0.5, 0.6) is 0 Å². The number of carbonyl (C=O) groups is 1. The van der Waals surface area contributed by atoms with Gasteiger partial charge < -0.3 is 10.4 Å². The number of aryl methyl sites for hydroxylation is 2. The third kappa shape index (κ3) is 4.67. The number of nitrogens with one attached hydrogen (secondary N) is 1. The third-order valence-corrected chi connectivity index (χ3v) is 3.74. The Morgan fingerprint density at radius 2 is 1.68 bits per heavy atom. The summed E-state index contributed by atoms with van der Waals surface area (Å²) in [6.45, 7) is 9.11. The number of amides is 1. The van der Waals surface area contributed by atoms with Crippen LogP contribution in [0.2, 0.25) is 0 Å². The number of hydrogen-bond donors (Lipinski definition) is 2. The topological polar surface area (TPSA) is 49.3 Å². The highest BCUT2D eigenvalue weighted by atomic mass is 16.3. The Morgan fingerprint density at radius 3 is 2.16 bits per heavy atom. The molecule has 0 aromatic heterocycles. The van der Waals surface area contributed by atoms with Crippen LogP contribution in [-0.4, -0.2) is 22.2 Å². The maximum Gasteiger partial charge on any atom is 0.220 e. The minimum atomic E-state index is -0.952. The molecular formula is C16H25NO2. The van der Waals surface area contributed by atoms with E-state index < -0.39 is 11.1 Å². The molecule has 1 aromatic rings. The molecule has 0 saturated carbocycles. The van der Waals surface area contributed by atoms with Crippen molar-refractivity contribution in [1.82, 2.24) is 5.32 Å². The van der Waals surface area contributed by atoms with Gasteiger partial charge in [0.25, 0.3) is 0 Å². The molecule has 2 N–H and O–H groups in total. The van der Waals surface area contributed by atoms with Gasteiger partial charge in [-0.2, -0.15) is 0 Å². The van der Waals surface area contributed by atoms with Crippen LogP contribution in [0.15, 0.2) is 24.3 Å². The summed E-state index contributed by atoms with van der Waals surface area (Å²) >= 11 is 0. The smallest absolute Gasteiger partial charge is 0.220 e. The molecular weight excluding hydrogens is 238 g/mol. The van der Waals surface area contributed by atoms with E-state index in [1.54, 1.807) is 13.8 Å². The SMILES string of the molecule is Cc1ccc(CCC(=O)NC(C)(C)C(C)(C)O)cc1. The van der Waals surface area contributed by atoms with Crippen molar-refractivity contribution < 1.29 is 9.90 Å². The van der Waals surface area contributed by atoms with Crippen molar-refractivity contribution in [1.29, 1.82) is 0 Å². The zero-order chi connectivity index (χ0) is 14.7. The first-order valence-electron chi connectivity index (χ1n) is 6.71. The van der Waals surface area contributed by atoms with Crippen LogP contribution in [0, 0.1) is 6.92 Å². The summed E-state index contributed by atoms with van der Waals surface area (Å²) in [5.41, 5.74) is 0.780. The Kier molecular flexibility index (Phi) is 4.75. The molecule has 0 radical (unpaired) electrons. The minimum Gasteiger partial charge on any atom is -0.388 e. The average Bonchev–Trinajstić information content (AvgIpc) is 2.26. The second-order valence-corrected chi connectivity index (χ2v) is 6.22. The highest BCUT2D eigenvalue weighted by molar-refractivity contribution is 5.77. The van der Waals surface area contributed by atoms with Crippen molar-refractivity contribution in [2.75, 3.05) is 0 Å². The van der Waals surface area contributed by atoms with E-state index in [9.17, 15) is 9.90 Å². The second-order valence-electron chi connectivity index (χ2n) is 6.22. The van der Waals surface area contributed by atoms with Crippen LogP contribution in [-0.2, 0) is 11.2 Å². The van der Waals surface area contributed by atoms with Crippen molar-refractivity contribution in [2.45, 2.75) is 58.6 Å². The summed E-state index contributed by atoms with van der Waals surface area (Å²) in [5.74, 6) is -0.0345. The van der Waals surface area contributed by atoms with Crippen molar-refractivity contribution in [3.8, 4) is 0 Å². The average molecular weight is 263 g/mol. The van der Waals surface area contributed by atoms with Crippen LogP contribution in [0.1, 0.15) is 45.2 Å². The lowest BCUT2D eigenvalue weighted by Gasteiger charge is -2.38. The monoisotopic (exact) mass is 263 g/mol. The summed E-state index contributed by atoms with van der Waals surface area (Å²) < 4.78 is 0. The summed E-state index contributed by atoms with van der Waals surface area (Å²) in [6, 6.07) is 8.19.